The molecule has 0 spiro atoms. The van der Waals surface area contributed by atoms with Gasteiger partial charge in [0.2, 0.25) is 5.82 Å². The molecule has 1 aromatic carbocycles. The Hall–Kier alpha value is -1.23. The molecule has 0 saturated heterocycles. The summed E-state index contributed by atoms with van der Waals surface area (Å²) >= 11 is 5.78. The number of halogens is 4. The highest BCUT2D eigenvalue weighted by Gasteiger charge is 2.34. The number of alkyl halides is 3. The zero-order chi connectivity index (χ0) is 11.2. The molecule has 0 aliphatic carbocycles. The molecule has 1 heterocycles. The van der Waals surface area contributed by atoms with Crippen molar-refractivity contribution < 1.29 is 13.2 Å². The Balaban J connectivity index is 2.71. The second-order valence-electron chi connectivity index (χ2n) is 3.23. The monoisotopic (exact) mass is 234 g/mol. The third-order valence-electron chi connectivity index (χ3n) is 1.95. The van der Waals surface area contributed by atoms with Crippen molar-refractivity contribution in [2.24, 2.45) is 0 Å². The summed E-state index contributed by atoms with van der Waals surface area (Å²) in [4.78, 5) is 5.61. The van der Waals surface area contributed by atoms with E-state index in [1.165, 1.54) is 0 Å². The van der Waals surface area contributed by atoms with Crippen LogP contribution >= 0.6 is 11.6 Å². The third kappa shape index (κ3) is 1.79. The highest BCUT2D eigenvalue weighted by Crippen LogP contribution is 2.31. The van der Waals surface area contributed by atoms with Crippen molar-refractivity contribution >= 4 is 22.6 Å². The van der Waals surface area contributed by atoms with E-state index in [0.717, 1.165) is 5.56 Å². The summed E-state index contributed by atoms with van der Waals surface area (Å²) < 4.78 is 37.0. The molecule has 0 bridgehead atoms. The van der Waals surface area contributed by atoms with Gasteiger partial charge in [0, 0.05) is 0 Å². The van der Waals surface area contributed by atoms with Crippen LogP contribution in [0.5, 0.6) is 0 Å². The minimum Gasteiger partial charge on any atom is -0.334 e. The lowest BCUT2D eigenvalue weighted by Crippen LogP contribution is -2.06. The van der Waals surface area contributed by atoms with Crippen molar-refractivity contribution in [1.82, 2.24) is 9.97 Å². The van der Waals surface area contributed by atoms with E-state index < -0.39 is 12.0 Å². The third-order valence-corrected chi connectivity index (χ3v) is 2.24. The number of aromatic nitrogens is 2. The van der Waals surface area contributed by atoms with Crippen LogP contribution in [0.2, 0.25) is 5.02 Å². The number of fused-ring (bicyclic) bond motifs is 1. The molecular formula is C9H6ClF3N2. The quantitative estimate of drug-likeness (QED) is 0.742. The van der Waals surface area contributed by atoms with Crippen molar-refractivity contribution in [2.45, 2.75) is 13.1 Å². The Morgan fingerprint density at radius 2 is 2.00 bits per heavy atom. The first-order chi connectivity index (χ1) is 6.88. The fraction of sp³-hybridized carbons (Fsp3) is 0.222. The molecule has 0 fully saturated rings. The number of hydrogen-bond acceptors (Lipinski definition) is 1. The van der Waals surface area contributed by atoms with Crippen LogP contribution in [-0.2, 0) is 6.18 Å². The van der Waals surface area contributed by atoms with Crippen LogP contribution in [0, 0.1) is 6.92 Å². The van der Waals surface area contributed by atoms with Gasteiger partial charge in [-0.25, -0.2) is 4.98 Å². The van der Waals surface area contributed by atoms with Crippen molar-refractivity contribution in [3.8, 4) is 0 Å². The summed E-state index contributed by atoms with van der Waals surface area (Å²) in [6.45, 7) is 1.75. The molecule has 0 aliphatic heterocycles. The van der Waals surface area contributed by atoms with Crippen molar-refractivity contribution in [1.29, 1.82) is 0 Å². The van der Waals surface area contributed by atoms with Gasteiger partial charge in [0.1, 0.15) is 5.52 Å². The van der Waals surface area contributed by atoms with E-state index >= 15 is 0 Å². The fourth-order valence-corrected chi connectivity index (χ4v) is 1.66. The average molecular weight is 235 g/mol. The Kier molecular flexibility index (Phi) is 2.15. The van der Waals surface area contributed by atoms with Gasteiger partial charge in [-0.3, -0.25) is 0 Å². The van der Waals surface area contributed by atoms with Gasteiger partial charge < -0.3 is 4.98 Å². The summed E-state index contributed by atoms with van der Waals surface area (Å²) in [5, 5.41) is 0.219. The molecule has 0 saturated carbocycles. The Bertz CT molecular complexity index is 516. The maximum absolute atomic E-state index is 12.3. The van der Waals surface area contributed by atoms with Gasteiger partial charge in [0.15, 0.2) is 0 Å². The lowest BCUT2D eigenvalue weighted by molar-refractivity contribution is -0.144. The number of H-pyrrole nitrogens is 1. The Morgan fingerprint density at radius 3 is 2.60 bits per heavy atom. The molecule has 2 aromatic rings. The Morgan fingerprint density at radius 1 is 1.33 bits per heavy atom. The lowest BCUT2D eigenvalue weighted by Gasteiger charge is -1.98. The molecule has 6 heteroatoms. The van der Waals surface area contributed by atoms with Crippen LogP contribution in [0.4, 0.5) is 13.2 Å². The first-order valence-corrected chi connectivity index (χ1v) is 4.49. The zero-order valence-corrected chi connectivity index (χ0v) is 8.37. The number of rotatable bonds is 0. The Labute approximate surface area is 88.1 Å². The summed E-state index contributed by atoms with van der Waals surface area (Å²) in [5.74, 6) is -1.02. The molecule has 2 rings (SSSR count). The summed E-state index contributed by atoms with van der Waals surface area (Å²) in [6.07, 6.45) is -4.48. The average Bonchev–Trinajstić information content (AvgIpc) is 2.46. The van der Waals surface area contributed by atoms with Crippen LogP contribution in [0.3, 0.4) is 0 Å². The van der Waals surface area contributed by atoms with Gasteiger partial charge in [-0.15, -0.1) is 0 Å². The molecule has 2 nitrogen and oxygen atoms in total. The van der Waals surface area contributed by atoms with Gasteiger partial charge in [-0.2, -0.15) is 13.2 Å². The number of hydrogen-bond donors (Lipinski definition) is 1. The van der Waals surface area contributed by atoms with Gasteiger partial charge in [0.05, 0.1) is 10.5 Å². The first-order valence-electron chi connectivity index (χ1n) is 4.11. The number of nitrogens with one attached hydrogen (secondary N) is 1. The topological polar surface area (TPSA) is 28.7 Å². The second-order valence-corrected chi connectivity index (χ2v) is 3.63. The molecule has 0 radical (unpaired) electrons. The van der Waals surface area contributed by atoms with E-state index in [4.69, 9.17) is 11.6 Å². The van der Waals surface area contributed by atoms with Gasteiger partial charge >= 0.3 is 6.18 Å². The molecule has 1 N–H and O–H groups in total. The van der Waals surface area contributed by atoms with Crippen molar-refractivity contribution in [3.05, 3.63) is 28.5 Å². The SMILES string of the molecule is Cc1cc(Cl)c2nc(C(F)(F)F)[nH]c2c1. The van der Waals surface area contributed by atoms with E-state index in [-0.39, 0.29) is 10.5 Å². The molecule has 0 atom stereocenters. The number of nitrogens with zero attached hydrogens (tertiary/aromatic N) is 1. The van der Waals surface area contributed by atoms with Gasteiger partial charge in [0.25, 0.3) is 0 Å². The maximum Gasteiger partial charge on any atom is 0.449 e. The fourth-order valence-electron chi connectivity index (χ4n) is 1.35. The highest BCUT2D eigenvalue weighted by molar-refractivity contribution is 6.35. The predicted molar refractivity (Wildman–Crippen MR) is 50.8 cm³/mol. The van der Waals surface area contributed by atoms with Crippen LogP contribution in [0.25, 0.3) is 11.0 Å². The van der Waals surface area contributed by atoms with E-state index in [2.05, 4.69) is 9.97 Å². The molecule has 80 valence electrons. The number of aryl methyl sites for hydroxylation is 1. The molecule has 0 aliphatic rings. The second kappa shape index (κ2) is 3.13. The van der Waals surface area contributed by atoms with E-state index in [1.807, 2.05) is 0 Å². The standard InChI is InChI=1S/C9H6ClF3N2/c1-4-2-5(10)7-6(3-4)14-8(15-7)9(11,12)13/h2-3H,1H3,(H,14,15). The largest absolute Gasteiger partial charge is 0.449 e. The molecule has 0 unspecified atom stereocenters. The highest BCUT2D eigenvalue weighted by atomic mass is 35.5. The van der Waals surface area contributed by atoms with E-state index in [1.54, 1.807) is 19.1 Å². The van der Waals surface area contributed by atoms with Crippen LogP contribution < -0.4 is 0 Å². The van der Waals surface area contributed by atoms with Crippen LogP contribution in [0.1, 0.15) is 11.4 Å². The van der Waals surface area contributed by atoms with Crippen LogP contribution in [-0.4, -0.2) is 9.97 Å². The smallest absolute Gasteiger partial charge is 0.334 e. The zero-order valence-electron chi connectivity index (χ0n) is 7.61. The minimum atomic E-state index is -4.48. The van der Waals surface area contributed by atoms with E-state index in [9.17, 15) is 13.2 Å². The summed E-state index contributed by atoms with van der Waals surface area (Å²) in [5.41, 5.74) is 1.23. The molecular weight excluding hydrogens is 229 g/mol. The molecule has 0 amide bonds. The predicted octanol–water partition coefficient (Wildman–Crippen LogP) is 3.54. The normalized spacial score (nSPS) is 12.3. The molecule has 15 heavy (non-hydrogen) atoms. The number of aromatic amines is 1. The molecule has 1 aromatic heterocycles. The van der Waals surface area contributed by atoms with Crippen LogP contribution in [0.15, 0.2) is 12.1 Å². The number of imidazole rings is 1. The number of benzene rings is 1. The summed E-state index contributed by atoms with van der Waals surface area (Å²) in [6, 6.07) is 3.15. The minimum absolute atomic E-state index is 0.148. The van der Waals surface area contributed by atoms with Gasteiger partial charge in [-0.1, -0.05) is 11.6 Å². The van der Waals surface area contributed by atoms with E-state index in [0.29, 0.717) is 5.52 Å². The summed E-state index contributed by atoms with van der Waals surface area (Å²) in [7, 11) is 0. The first kappa shape index (κ1) is 10.3. The lowest BCUT2D eigenvalue weighted by atomic mass is 10.2. The van der Waals surface area contributed by atoms with Crippen molar-refractivity contribution in [3.63, 3.8) is 0 Å². The van der Waals surface area contributed by atoms with Crippen molar-refractivity contribution in [2.75, 3.05) is 0 Å². The van der Waals surface area contributed by atoms with Gasteiger partial charge in [-0.05, 0) is 24.6 Å². The maximum atomic E-state index is 12.3.